The fourth-order valence-corrected chi connectivity index (χ4v) is 3.30. The number of nitrogens with zero attached hydrogens (tertiary/aromatic N) is 4. The standard InChI is InChI=1S/C20H22F2N6O/c1-27-6-8-28(9-7-27)17-5-2-13(11-23-17)12-24-20(29)14-3-4-15-16(10-14)26-19(25-15)18(21)22/h2-5,10-11,18H,6-9,12H2,1H3,(H,24,29)(H,25,26). The Morgan fingerprint density at radius 3 is 2.69 bits per heavy atom. The lowest BCUT2D eigenvalue weighted by Gasteiger charge is -2.33. The van der Waals surface area contributed by atoms with Crippen LogP contribution in [-0.2, 0) is 6.54 Å². The van der Waals surface area contributed by atoms with Gasteiger partial charge in [0.25, 0.3) is 12.3 Å². The van der Waals surface area contributed by atoms with E-state index in [-0.39, 0.29) is 5.91 Å². The lowest BCUT2D eigenvalue weighted by atomic mass is 10.2. The summed E-state index contributed by atoms with van der Waals surface area (Å²) in [6, 6.07) is 8.57. The quantitative estimate of drug-likeness (QED) is 0.689. The van der Waals surface area contributed by atoms with Crippen LogP contribution < -0.4 is 10.2 Å². The van der Waals surface area contributed by atoms with E-state index in [2.05, 4.69) is 37.1 Å². The lowest BCUT2D eigenvalue weighted by Crippen LogP contribution is -2.44. The highest BCUT2D eigenvalue weighted by molar-refractivity contribution is 5.97. The summed E-state index contributed by atoms with van der Waals surface area (Å²) in [5, 5.41) is 2.83. The number of rotatable bonds is 5. The Bertz CT molecular complexity index is 996. The fraction of sp³-hybridized carbons (Fsp3) is 0.350. The van der Waals surface area contributed by atoms with Crippen molar-refractivity contribution in [1.82, 2.24) is 25.2 Å². The number of aromatic nitrogens is 3. The third-order valence-corrected chi connectivity index (χ3v) is 5.06. The highest BCUT2D eigenvalue weighted by Crippen LogP contribution is 2.20. The maximum atomic E-state index is 12.8. The Hall–Kier alpha value is -3.07. The van der Waals surface area contributed by atoms with Gasteiger partial charge < -0.3 is 20.1 Å². The smallest absolute Gasteiger partial charge is 0.295 e. The predicted octanol–water partition coefficient (Wildman–Crippen LogP) is 2.58. The van der Waals surface area contributed by atoms with Crippen LogP contribution in [0, 0.1) is 0 Å². The van der Waals surface area contributed by atoms with Crippen LogP contribution in [0.25, 0.3) is 11.0 Å². The van der Waals surface area contributed by atoms with E-state index < -0.39 is 12.2 Å². The second kappa shape index (κ2) is 8.12. The van der Waals surface area contributed by atoms with Crippen LogP contribution in [0.2, 0.25) is 0 Å². The zero-order valence-electron chi connectivity index (χ0n) is 16.0. The van der Waals surface area contributed by atoms with Gasteiger partial charge in [0.2, 0.25) is 0 Å². The Balaban J connectivity index is 1.37. The summed E-state index contributed by atoms with van der Waals surface area (Å²) in [5.41, 5.74) is 2.08. The van der Waals surface area contributed by atoms with Crippen LogP contribution in [0.3, 0.4) is 0 Å². The molecule has 9 heteroatoms. The molecule has 0 aliphatic carbocycles. The maximum Gasteiger partial charge on any atom is 0.295 e. The number of benzene rings is 1. The molecule has 3 aromatic rings. The van der Waals surface area contributed by atoms with Gasteiger partial charge in [0.05, 0.1) is 11.0 Å². The summed E-state index contributed by atoms with van der Waals surface area (Å²) < 4.78 is 25.5. The summed E-state index contributed by atoms with van der Waals surface area (Å²) in [5.74, 6) is 0.250. The van der Waals surface area contributed by atoms with E-state index in [1.807, 2.05) is 12.1 Å². The number of hydrogen-bond donors (Lipinski definition) is 2. The molecule has 0 unspecified atom stereocenters. The van der Waals surface area contributed by atoms with Crippen LogP contribution >= 0.6 is 0 Å². The number of aromatic amines is 1. The monoisotopic (exact) mass is 400 g/mol. The molecule has 2 aromatic heterocycles. The summed E-state index contributed by atoms with van der Waals surface area (Å²) in [6.45, 7) is 4.25. The number of carbonyl (C=O) groups excluding carboxylic acids is 1. The number of piperazine rings is 1. The number of hydrogen-bond acceptors (Lipinski definition) is 5. The van der Waals surface area contributed by atoms with Crippen molar-refractivity contribution in [3.05, 3.63) is 53.5 Å². The zero-order chi connectivity index (χ0) is 20.4. The summed E-state index contributed by atoms with van der Waals surface area (Å²) in [6.07, 6.45) is -0.915. The molecule has 4 rings (SSSR count). The van der Waals surface area contributed by atoms with E-state index in [1.165, 1.54) is 6.07 Å². The highest BCUT2D eigenvalue weighted by atomic mass is 19.3. The minimum Gasteiger partial charge on any atom is -0.354 e. The van der Waals surface area contributed by atoms with Crippen LogP contribution in [0.5, 0.6) is 0 Å². The number of imidazole rings is 1. The van der Waals surface area contributed by atoms with Crippen LogP contribution in [-0.4, -0.2) is 59.0 Å². The Kier molecular flexibility index (Phi) is 5.39. The van der Waals surface area contributed by atoms with Crippen molar-refractivity contribution < 1.29 is 13.6 Å². The second-order valence-electron chi connectivity index (χ2n) is 7.15. The van der Waals surface area contributed by atoms with Gasteiger partial charge in [-0.3, -0.25) is 4.79 Å². The Labute approximate surface area is 166 Å². The molecule has 1 aliphatic heterocycles. The SMILES string of the molecule is CN1CCN(c2ccc(CNC(=O)c3ccc4nc(C(F)F)[nH]c4c3)cn2)CC1. The van der Waals surface area contributed by atoms with Crippen molar-refractivity contribution >= 4 is 22.8 Å². The number of nitrogens with one attached hydrogen (secondary N) is 2. The molecule has 1 aromatic carbocycles. The minimum atomic E-state index is -2.68. The first-order valence-electron chi connectivity index (χ1n) is 9.44. The molecule has 2 N–H and O–H groups in total. The first-order chi connectivity index (χ1) is 14.0. The van der Waals surface area contributed by atoms with Crippen LogP contribution in [0.4, 0.5) is 14.6 Å². The van der Waals surface area contributed by atoms with Crippen LogP contribution in [0.1, 0.15) is 28.2 Å². The number of fused-ring (bicyclic) bond motifs is 1. The molecular formula is C20H22F2N6O. The molecule has 0 atom stereocenters. The first kappa shape index (κ1) is 19.3. The minimum absolute atomic E-state index is 0.289. The van der Waals surface area contributed by atoms with E-state index in [1.54, 1.807) is 18.3 Å². The van der Waals surface area contributed by atoms with Crippen molar-refractivity contribution in [3.63, 3.8) is 0 Å². The average molecular weight is 400 g/mol. The first-order valence-corrected chi connectivity index (χ1v) is 9.44. The van der Waals surface area contributed by atoms with Gasteiger partial charge in [-0.05, 0) is 36.9 Å². The number of carbonyl (C=O) groups is 1. The number of H-pyrrole nitrogens is 1. The molecule has 0 saturated carbocycles. The van der Waals surface area contributed by atoms with Gasteiger partial charge in [-0.25, -0.2) is 18.7 Å². The number of amides is 1. The molecule has 1 saturated heterocycles. The largest absolute Gasteiger partial charge is 0.354 e. The highest BCUT2D eigenvalue weighted by Gasteiger charge is 2.16. The van der Waals surface area contributed by atoms with Crippen molar-refractivity contribution in [2.75, 3.05) is 38.1 Å². The number of anilines is 1. The van der Waals surface area contributed by atoms with Crippen LogP contribution in [0.15, 0.2) is 36.5 Å². The average Bonchev–Trinajstić information content (AvgIpc) is 3.17. The van der Waals surface area contributed by atoms with E-state index in [9.17, 15) is 13.6 Å². The summed E-state index contributed by atoms with van der Waals surface area (Å²) in [4.78, 5) is 27.8. The topological polar surface area (TPSA) is 77.1 Å². The molecule has 152 valence electrons. The third kappa shape index (κ3) is 4.34. The lowest BCUT2D eigenvalue weighted by molar-refractivity contribution is 0.0951. The van der Waals surface area contributed by atoms with E-state index >= 15 is 0 Å². The molecule has 0 radical (unpaired) electrons. The molecule has 1 amide bonds. The molecule has 7 nitrogen and oxygen atoms in total. The predicted molar refractivity (Wildman–Crippen MR) is 106 cm³/mol. The third-order valence-electron chi connectivity index (χ3n) is 5.06. The molecule has 1 fully saturated rings. The number of likely N-dealkylation sites (N-methyl/N-ethyl adjacent to an activating group) is 1. The zero-order valence-corrected chi connectivity index (χ0v) is 16.0. The molecule has 3 heterocycles. The van der Waals surface area contributed by atoms with Crippen molar-refractivity contribution in [2.24, 2.45) is 0 Å². The fourth-order valence-electron chi connectivity index (χ4n) is 3.30. The molecular weight excluding hydrogens is 378 g/mol. The number of alkyl halides is 2. The van der Waals surface area contributed by atoms with Crippen molar-refractivity contribution in [1.29, 1.82) is 0 Å². The Morgan fingerprint density at radius 2 is 2.00 bits per heavy atom. The Morgan fingerprint density at radius 1 is 1.21 bits per heavy atom. The van der Waals surface area contributed by atoms with Gasteiger partial charge in [-0.15, -0.1) is 0 Å². The van der Waals surface area contributed by atoms with Gasteiger partial charge in [0.1, 0.15) is 5.82 Å². The molecule has 1 aliphatic rings. The van der Waals surface area contributed by atoms with Gasteiger partial charge in [-0.1, -0.05) is 6.07 Å². The normalized spacial score (nSPS) is 15.2. The summed E-state index contributed by atoms with van der Waals surface area (Å²) in [7, 11) is 2.11. The van der Waals surface area contributed by atoms with Gasteiger partial charge >= 0.3 is 0 Å². The summed E-state index contributed by atoms with van der Waals surface area (Å²) >= 11 is 0. The maximum absolute atomic E-state index is 12.8. The van der Waals surface area contributed by atoms with Gasteiger partial charge in [-0.2, -0.15) is 0 Å². The van der Waals surface area contributed by atoms with E-state index in [0.29, 0.717) is 23.1 Å². The van der Waals surface area contributed by atoms with Crippen molar-refractivity contribution in [2.45, 2.75) is 13.0 Å². The second-order valence-corrected chi connectivity index (χ2v) is 7.15. The number of pyridine rings is 1. The molecule has 29 heavy (non-hydrogen) atoms. The van der Waals surface area contributed by atoms with E-state index in [0.717, 1.165) is 37.6 Å². The molecule has 0 bridgehead atoms. The van der Waals surface area contributed by atoms with Gasteiger partial charge in [0, 0.05) is 44.5 Å². The van der Waals surface area contributed by atoms with E-state index in [4.69, 9.17) is 0 Å². The number of halogens is 2. The molecule has 0 spiro atoms. The van der Waals surface area contributed by atoms with Crippen molar-refractivity contribution in [3.8, 4) is 0 Å². The van der Waals surface area contributed by atoms with Gasteiger partial charge in [0.15, 0.2) is 5.82 Å².